The quantitative estimate of drug-likeness (QED) is 0.460. The van der Waals surface area contributed by atoms with Crippen LogP contribution in [0.3, 0.4) is 0 Å². The SMILES string of the molecule is CC1(C)[C@H]2C[C@H](CC=O)C(NC(=O)c3csc4ccc(OS(=O)c5ccccc5)cc34)[C@@H]1C2. The number of carbonyl (C=O) groups excluding carboxylic acids is 2. The van der Waals surface area contributed by atoms with Crippen molar-refractivity contribution >= 4 is 44.7 Å². The molecule has 1 aromatic heterocycles. The third-order valence-corrected chi connectivity index (χ3v) is 9.63. The zero-order valence-corrected chi connectivity index (χ0v) is 20.3. The number of thiophene rings is 1. The van der Waals surface area contributed by atoms with Crippen molar-refractivity contribution in [3.05, 3.63) is 59.5 Å². The molecular weight excluding hydrogens is 454 g/mol. The number of benzene rings is 2. The van der Waals surface area contributed by atoms with Crippen molar-refractivity contribution in [2.24, 2.45) is 23.2 Å². The van der Waals surface area contributed by atoms with E-state index < -0.39 is 11.1 Å². The average molecular weight is 482 g/mol. The highest BCUT2D eigenvalue weighted by Crippen LogP contribution is 2.61. The molecule has 1 heterocycles. The molecule has 6 rings (SSSR count). The first-order valence-electron chi connectivity index (χ1n) is 11.3. The molecule has 2 unspecified atom stereocenters. The minimum Gasteiger partial charge on any atom is -0.397 e. The van der Waals surface area contributed by atoms with Crippen molar-refractivity contribution in [1.82, 2.24) is 5.32 Å². The summed E-state index contributed by atoms with van der Waals surface area (Å²) in [6, 6.07) is 14.5. The molecule has 5 nitrogen and oxygen atoms in total. The van der Waals surface area contributed by atoms with Crippen LogP contribution in [0.5, 0.6) is 5.75 Å². The summed E-state index contributed by atoms with van der Waals surface area (Å²) < 4.78 is 19.2. The Kier molecular flexibility index (Phi) is 5.87. The zero-order valence-electron chi connectivity index (χ0n) is 18.7. The monoisotopic (exact) mass is 481 g/mol. The lowest BCUT2D eigenvalue weighted by Gasteiger charge is -2.62. The zero-order chi connectivity index (χ0) is 23.2. The van der Waals surface area contributed by atoms with E-state index in [1.807, 2.05) is 29.6 Å². The van der Waals surface area contributed by atoms with Crippen LogP contribution in [0.15, 0.2) is 58.8 Å². The fraction of sp³-hybridized carbons (Fsp3) is 0.385. The first kappa shape index (κ1) is 22.3. The van der Waals surface area contributed by atoms with Crippen LogP contribution in [0.1, 0.15) is 43.5 Å². The topological polar surface area (TPSA) is 72.5 Å². The van der Waals surface area contributed by atoms with Crippen molar-refractivity contribution in [1.29, 1.82) is 0 Å². The number of hydrogen-bond acceptors (Lipinski definition) is 5. The van der Waals surface area contributed by atoms with Gasteiger partial charge in [0.25, 0.3) is 5.91 Å². The van der Waals surface area contributed by atoms with Crippen LogP contribution >= 0.6 is 11.3 Å². The van der Waals surface area contributed by atoms with Crippen LogP contribution in [-0.4, -0.2) is 22.4 Å². The third-order valence-electron chi connectivity index (χ3n) is 7.67. The lowest BCUT2D eigenvalue weighted by atomic mass is 9.44. The third kappa shape index (κ3) is 4.02. The summed E-state index contributed by atoms with van der Waals surface area (Å²) in [5, 5.41) is 5.94. The second-order valence-electron chi connectivity index (χ2n) is 9.70. The van der Waals surface area contributed by atoms with Gasteiger partial charge in [-0.1, -0.05) is 32.0 Å². The first-order chi connectivity index (χ1) is 15.9. The van der Waals surface area contributed by atoms with E-state index >= 15 is 0 Å². The first-order valence-corrected chi connectivity index (χ1v) is 13.2. The Morgan fingerprint density at radius 2 is 2.00 bits per heavy atom. The highest BCUT2D eigenvalue weighted by Gasteiger charge is 2.57. The van der Waals surface area contributed by atoms with E-state index in [0.717, 1.165) is 29.2 Å². The Morgan fingerprint density at radius 3 is 2.73 bits per heavy atom. The Morgan fingerprint density at radius 1 is 1.21 bits per heavy atom. The van der Waals surface area contributed by atoms with E-state index in [4.69, 9.17) is 4.18 Å². The number of amides is 1. The number of hydrogen-bond donors (Lipinski definition) is 1. The molecule has 172 valence electrons. The summed E-state index contributed by atoms with van der Waals surface area (Å²) >= 11 is -0.132. The number of aldehydes is 1. The van der Waals surface area contributed by atoms with Gasteiger partial charge in [0, 0.05) is 27.9 Å². The molecule has 0 spiro atoms. The Hall–Kier alpha value is -2.51. The molecule has 3 fully saturated rings. The maximum absolute atomic E-state index is 13.4. The van der Waals surface area contributed by atoms with Crippen LogP contribution in [0, 0.1) is 23.2 Å². The largest absolute Gasteiger partial charge is 0.397 e. The van der Waals surface area contributed by atoms with Crippen LogP contribution < -0.4 is 9.50 Å². The smallest absolute Gasteiger partial charge is 0.252 e. The molecule has 2 bridgehead atoms. The van der Waals surface area contributed by atoms with Crippen LogP contribution in [-0.2, 0) is 15.9 Å². The number of fused-ring (bicyclic) bond motifs is 3. The van der Waals surface area contributed by atoms with E-state index in [-0.39, 0.29) is 23.3 Å². The van der Waals surface area contributed by atoms with Crippen LogP contribution in [0.25, 0.3) is 10.1 Å². The maximum Gasteiger partial charge on any atom is 0.252 e. The fourth-order valence-electron chi connectivity index (χ4n) is 5.62. The molecule has 3 aliphatic carbocycles. The summed E-state index contributed by atoms with van der Waals surface area (Å²) in [4.78, 5) is 25.2. The van der Waals surface area contributed by atoms with Crippen molar-refractivity contribution in [2.75, 3.05) is 0 Å². The minimum absolute atomic E-state index is 0.00247. The van der Waals surface area contributed by atoms with Gasteiger partial charge in [0.1, 0.15) is 12.0 Å². The van der Waals surface area contributed by atoms with Gasteiger partial charge in [-0.05, 0) is 66.3 Å². The summed E-state index contributed by atoms with van der Waals surface area (Å²) in [5.74, 6) is 1.55. The molecule has 3 aromatic rings. The van der Waals surface area contributed by atoms with Crippen molar-refractivity contribution in [3.8, 4) is 5.75 Å². The highest BCUT2D eigenvalue weighted by molar-refractivity contribution is 7.80. The van der Waals surface area contributed by atoms with Gasteiger partial charge in [0.15, 0.2) is 0 Å². The molecule has 1 amide bonds. The van der Waals surface area contributed by atoms with Gasteiger partial charge >= 0.3 is 0 Å². The predicted molar refractivity (Wildman–Crippen MR) is 131 cm³/mol. The molecule has 0 aliphatic heterocycles. The highest BCUT2D eigenvalue weighted by atomic mass is 32.2. The molecule has 33 heavy (non-hydrogen) atoms. The van der Waals surface area contributed by atoms with Crippen molar-refractivity contribution in [3.63, 3.8) is 0 Å². The van der Waals surface area contributed by atoms with Gasteiger partial charge < -0.3 is 14.3 Å². The van der Waals surface area contributed by atoms with Gasteiger partial charge in [0.2, 0.25) is 11.1 Å². The molecule has 7 heteroatoms. The molecule has 1 N–H and O–H groups in total. The van der Waals surface area contributed by atoms with Gasteiger partial charge in [-0.15, -0.1) is 11.3 Å². The normalized spacial score (nSPS) is 26.2. The standard InChI is InChI=1S/C26H27NO4S2/c1-26(2)17-12-16(10-11-28)24(22(26)13-17)27-25(29)21-15-32-23-9-8-18(14-20(21)23)31-33(30)19-6-4-3-5-7-19/h3-9,11,14-17,22,24H,10,12-13H2,1-2H3,(H,27,29)/t16-,17-,22-,24?,33?/m0/s1. The Bertz CT molecular complexity index is 1220. The summed E-state index contributed by atoms with van der Waals surface area (Å²) in [6.45, 7) is 4.55. The van der Waals surface area contributed by atoms with E-state index in [1.165, 1.54) is 11.3 Å². The molecule has 3 aliphatic rings. The lowest BCUT2D eigenvalue weighted by molar-refractivity contribution is -0.123. The molecule has 2 aromatic carbocycles. The number of rotatable bonds is 7. The summed E-state index contributed by atoms with van der Waals surface area (Å²) in [5.41, 5.74) is 0.784. The Balaban J connectivity index is 1.38. The summed E-state index contributed by atoms with van der Waals surface area (Å²) in [6.07, 6.45) is 3.57. The Labute approximate surface area is 200 Å². The fourth-order valence-corrected chi connectivity index (χ4v) is 7.30. The van der Waals surface area contributed by atoms with Crippen LogP contribution in [0.2, 0.25) is 0 Å². The number of carbonyl (C=O) groups is 2. The molecule has 0 saturated heterocycles. The minimum atomic E-state index is -1.63. The van der Waals surface area contributed by atoms with Crippen LogP contribution in [0.4, 0.5) is 0 Å². The van der Waals surface area contributed by atoms with E-state index in [0.29, 0.717) is 34.5 Å². The molecule has 3 saturated carbocycles. The lowest BCUT2D eigenvalue weighted by Crippen LogP contribution is -2.63. The molecule has 0 radical (unpaired) electrons. The summed E-state index contributed by atoms with van der Waals surface area (Å²) in [7, 11) is 0. The molecule has 5 atom stereocenters. The predicted octanol–water partition coefficient (Wildman–Crippen LogP) is 5.37. The van der Waals surface area contributed by atoms with E-state index in [9.17, 15) is 13.8 Å². The number of nitrogens with one attached hydrogen (secondary N) is 1. The van der Waals surface area contributed by atoms with E-state index in [2.05, 4.69) is 19.2 Å². The maximum atomic E-state index is 13.4. The van der Waals surface area contributed by atoms with Crippen molar-refractivity contribution in [2.45, 2.75) is 44.0 Å². The second kappa shape index (κ2) is 8.69. The van der Waals surface area contributed by atoms with Gasteiger partial charge in [0.05, 0.1) is 10.5 Å². The average Bonchev–Trinajstić information content (AvgIpc) is 3.24. The molecular formula is C26H27NO4S2. The second-order valence-corrected chi connectivity index (χ2v) is 11.7. The van der Waals surface area contributed by atoms with Gasteiger partial charge in [-0.3, -0.25) is 4.79 Å². The van der Waals surface area contributed by atoms with E-state index in [1.54, 1.807) is 24.3 Å². The van der Waals surface area contributed by atoms with Crippen molar-refractivity contribution < 1.29 is 18.0 Å². The van der Waals surface area contributed by atoms with Gasteiger partial charge in [-0.25, -0.2) is 4.21 Å². The van der Waals surface area contributed by atoms with Gasteiger partial charge in [-0.2, -0.15) is 0 Å².